The number of hydrogen-bond donors (Lipinski definition) is 2. The molecule has 0 saturated heterocycles. The average molecular weight is 319 g/mol. The highest BCUT2D eigenvalue weighted by Crippen LogP contribution is 2.37. The van der Waals surface area contributed by atoms with E-state index in [1.165, 1.54) is 0 Å². The molecule has 1 rings (SSSR count). The molecule has 1 aromatic rings. The first-order valence-electron chi connectivity index (χ1n) is 7.27. The monoisotopic (exact) mass is 319 g/mol. The highest BCUT2D eigenvalue weighted by Gasteiger charge is 2.37. The number of amides is 1. The van der Waals surface area contributed by atoms with E-state index >= 15 is 0 Å². The van der Waals surface area contributed by atoms with Crippen molar-refractivity contribution in [3.8, 4) is 12.3 Å². The van der Waals surface area contributed by atoms with Crippen LogP contribution >= 0.6 is 0 Å². The van der Waals surface area contributed by atoms with Crippen molar-refractivity contribution >= 4 is 14.4 Å². The Balaban J connectivity index is 2.90. The van der Waals surface area contributed by atoms with Crippen LogP contribution in [0.15, 0.2) is 24.3 Å². The van der Waals surface area contributed by atoms with E-state index in [4.69, 9.17) is 16.0 Å². The fourth-order valence-corrected chi connectivity index (χ4v) is 2.71. The highest BCUT2D eigenvalue weighted by molar-refractivity contribution is 6.74. The standard InChI is InChI=1S/C17H25NO3Si/c1-7-13-8-10-14(11-9-13)15(18-16(19)20)12-21-22(5,6)17(2,3)4/h1,8-11,15,18H,12H2,2-6H3,(H,19,20). The zero-order valence-corrected chi connectivity index (χ0v) is 14.9. The summed E-state index contributed by atoms with van der Waals surface area (Å²) in [6, 6.07) is 6.88. The molecule has 0 aliphatic heterocycles. The number of carbonyl (C=O) groups is 1. The maximum Gasteiger partial charge on any atom is 0.405 e. The van der Waals surface area contributed by atoms with Gasteiger partial charge in [-0.2, -0.15) is 0 Å². The molecule has 5 heteroatoms. The molecule has 22 heavy (non-hydrogen) atoms. The second-order valence-electron chi connectivity index (χ2n) is 6.84. The van der Waals surface area contributed by atoms with Crippen LogP contribution in [-0.4, -0.2) is 26.1 Å². The summed E-state index contributed by atoms with van der Waals surface area (Å²) in [6.07, 6.45) is 4.28. The van der Waals surface area contributed by atoms with Crippen molar-refractivity contribution in [2.24, 2.45) is 0 Å². The van der Waals surface area contributed by atoms with Crippen molar-refractivity contribution in [3.05, 3.63) is 35.4 Å². The lowest BCUT2D eigenvalue weighted by atomic mass is 10.1. The molecular formula is C17H25NO3Si. The zero-order valence-electron chi connectivity index (χ0n) is 13.9. The third kappa shape index (κ3) is 4.90. The molecule has 2 N–H and O–H groups in total. The largest absolute Gasteiger partial charge is 0.465 e. The summed E-state index contributed by atoms with van der Waals surface area (Å²) >= 11 is 0. The Labute approximate surface area is 134 Å². The molecule has 120 valence electrons. The molecule has 0 heterocycles. The Bertz CT molecular complexity index is 553. The normalized spacial score (nSPS) is 13.3. The van der Waals surface area contributed by atoms with E-state index in [2.05, 4.69) is 45.1 Å². The first kappa shape index (κ1) is 18.3. The molecule has 0 aliphatic rings. The van der Waals surface area contributed by atoms with Gasteiger partial charge in [-0.15, -0.1) is 6.42 Å². The zero-order chi connectivity index (χ0) is 17.0. The van der Waals surface area contributed by atoms with Crippen LogP contribution in [0.1, 0.15) is 37.9 Å². The van der Waals surface area contributed by atoms with Crippen LogP contribution < -0.4 is 5.32 Å². The van der Waals surface area contributed by atoms with Crippen LogP contribution in [0.25, 0.3) is 0 Å². The van der Waals surface area contributed by atoms with Crippen molar-refractivity contribution in [1.82, 2.24) is 5.32 Å². The average Bonchev–Trinajstić information content (AvgIpc) is 2.42. The van der Waals surface area contributed by atoms with E-state index in [0.717, 1.165) is 11.1 Å². The number of carboxylic acid groups (broad SMARTS) is 1. The predicted molar refractivity (Wildman–Crippen MR) is 91.4 cm³/mol. The topological polar surface area (TPSA) is 58.6 Å². The quantitative estimate of drug-likeness (QED) is 0.637. The van der Waals surface area contributed by atoms with E-state index < -0.39 is 20.5 Å². The van der Waals surface area contributed by atoms with Gasteiger partial charge in [0, 0.05) is 5.56 Å². The summed E-state index contributed by atoms with van der Waals surface area (Å²) < 4.78 is 6.14. The van der Waals surface area contributed by atoms with E-state index in [-0.39, 0.29) is 5.04 Å². The van der Waals surface area contributed by atoms with Crippen LogP contribution in [0.2, 0.25) is 18.1 Å². The molecule has 1 atom stereocenters. The van der Waals surface area contributed by atoms with Crippen molar-refractivity contribution < 1.29 is 14.3 Å². The Morgan fingerprint density at radius 3 is 2.32 bits per heavy atom. The minimum atomic E-state index is -1.93. The molecule has 0 fully saturated rings. The maximum absolute atomic E-state index is 11.0. The van der Waals surface area contributed by atoms with Gasteiger partial charge >= 0.3 is 6.09 Å². The van der Waals surface area contributed by atoms with E-state index in [9.17, 15) is 4.79 Å². The molecule has 1 amide bonds. The summed E-state index contributed by atoms with van der Waals surface area (Å²) in [5.74, 6) is 2.55. The van der Waals surface area contributed by atoms with Gasteiger partial charge in [0.25, 0.3) is 0 Å². The van der Waals surface area contributed by atoms with Crippen LogP contribution in [0.5, 0.6) is 0 Å². The van der Waals surface area contributed by atoms with E-state index in [1.54, 1.807) is 12.1 Å². The Kier molecular flexibility index (Phi) is 5.81. The van der Waals surface area contributed by atoms with E-state index in [1.807, 2.05) is 12.1 Å². The first-order chi connectivity index (χ1) is 10.1. The summed E-state index contributed by atoms with van der Waals surface area (Å²) in [7, 11) is -1.93. The third-order valence-corrected chi connectivity index (χ3v) is 8.70. The van der Waals surface area contributed by atoms with Crippen molar-refractivity contribution in [2.75, 3.05) is 6.61 Å². The van der Waals surface area contributed by atoms with Gasteiger partial charge in [-0.25, -0.2) is 4.79 Å². The summed E-state index contributed by atoms with van der Waals surface area (Å²) in [5, 5.41) is 11.6. The van der Waals surface area contributed by atoms with Gasteiger partial charge in [0.05, 0.1) is 12.6 Å². The molecule has 0 radical (unpaired) electrons. The first-order valence-corrected chi connectivity index (χ1v) is 10.2. The predicted octanol–water partition coefficient (Wildman–Crippen LogP) is 4.00. The Morgan fingerprint density at radius 1 is 1.36 bits per heavy atom. The number of terminal acetylenes is 1. The molecule has 1 unspecified atom stereocenters. The number of benzene rings is 1. The van der Waals surface area contributed by atoms with Crippen LogP contribution in [-0.2, 0) is 4.43 Å². The Morgan fingerprint density at radius 2 is 1.91 bits per heavy atom. The SMILES string of the molecule is C#Cc1ccc(C(CO[Si](C)(C)C(C)(C)C)NC(=O)O)cc1. The van der Waals surface area contributed by atoms with Crippen LogP contribution in [0.3, 0.4) is 0 Å². The van der Waals surface area contributed by atoms with Gasteiger partial charge in [-0.3, -0.25) is 0 Å². The summed E-state index contributed by atoms with van der Waals surface area (Å²) in [6.45, 7) is 11.1. The molecule has 0 saturated carbocycles. The van der Waals surface area contributed by atoms with Crippen LogP contribution in [0.4, 0.5) is 4.79 Å². The summed E-state index contributed by atoms with van der Waals surface area (Å²) in [4.78, 5) is 11.0. The highest BCUT2D eigenvalue weighted by atomic mass is 28.4. The smallest absolute Gasteiger partial charge is 0.405 e. The van der Waals surface area contributed by atoms with Crippen molar-refractivity contribution in [3.63, 3.8) is 0 Å². The molecular weight excluding hydrogens is 294 g/mol. The lowest BCUT2D eigenvalue weighted by Gasteiger charge is -2.37. The second kappa shape index (κ2) is 6.99. The number of hydrogen-bond acceptors (Lipinski definition) is 2. The van der Waals surface area contributed by atoms with Gasteiger partial charge in [-0.05, 0) is 35.8 Å². The van der Waals surface area contributed by atoms with Gasteiger partial charge < -0.3 is 14.8 Å². The fraction of sp³-hybridized carbons (Fsp3) is 0.471. The minimum absolute atomic E-state index is 0.0775. The molecule has 0 bridgehead atoms. The van der Waals surface area contributed by atoms with E-state index in [0.29, 0.717) is 6.61 Å². The lowest BCUT2D eigenvalue weighted by molar-refractivity contribution is 0.178. The number of nitrogens with one attached hydrogen (secondary N) is 1. The van der Waals surface area contributed by atoms with Gasteiger partial charge in [0.1, 0.15) is 0 Å². The maximum atomic E-state index is 11.0. The molecule has 0 spiro atoms. The van der Waals surface area contributed by atoms with Crippen molar-refractivity contribution in [1.29, 1.82) is 0 Å². The van der Waals surface area contributed by atoms with Crippen molar-refractivity contribution in [2.45, 2.75) is 44.9 Å². The molecule has 0 aromatic heterocycles. The van der Waals surface area contributed by atoms with Gasteiger partial charge in [-0.1, -0.05) is 38.8 Å². The van der Waals surface area contributed by atoms with Gasteiger partial charge in [0.2, 0.25) is 0 Å². The fourth-order valence-electron chi connectivity index (χ4n) is 1.69. The number of rotatable bonds is 5. The Hall–Kier alpha value is -1.77. The third-order valence-electron chi connectivity index (χ3n) is 4.19. The molecule has 4 nitrogen and oxygen atoms in total. The van der Waals surface area contributed by atoms with Crippen LogP contribution in [0, 0.1) is 12.3 Å². The minimum Gasteiger partial charge on any atom is -0.465 e. The molecule has 1 aromatic carbocycles. The van der Waals surface area contributed by atoms with Gasteiger partial charge in [0.15, 0.2) is 8.32 Å². The second-order valence-corrected chi connectivity index (χ2v) is 11.6. The summed E-state index contributed by atoms with van der Waals surface area (Å²) in [5.41, 5.74) is 1.61. The molecule has 0 aliphatic carbocycles. The lowest BCUT2D eigenvalue weighted by Crippen LogP contribution is -2.43.